The Hall–Kier alpha value is -1.38. The maximum atomic E-state index is 13.1. The van der Waals surface area contributed by atoms with Crippen LogP contribution in [-0.2, 0) is 0 Å². The molecule has 0 radical (unpaired) electrons. The van der Waals surface area contributed by atoms with E-state index in [0.717, 1.165) is 13.0 Å². The number of carbonyl (C=O) groups excluding carboxylic acids is 1. The number of carbonyl (C=O) groups is 1. The van der Waals surface area contributed by atoms with Crippen LogP contribution in [0.1, 0.15) is 36.2 Å². The van der Waals surface area contributed by atoms with E-state index in [0.29, 0.717) is 17.0 Å². The first-order valence-electron chi connectivity index (χ1n) is 5.93. The number of nitrogens with zero attached hydrogens (tertiary/aromatic N) is 1. The fraction of sp³-hybridized carbons (Fsp3) is 0.500. The van der Waals surface area contributed by atoms with Crippen molar-refractivity contribution in [3.63, 3.8) is 0 Å². The van der Waals surface area contributed by atoms with Gasteiger partial charge in [-0.1, -0.05) is 13.8 Å². The third-order valence-corrected chi connectivity index (χ3v) is 2.79. The summed E-state index contributed by atoms with van der Waals surface area (Å²) in [5.74, 6) is 0.250. The zero-order chi connectivity index (χ0) is 13.0. The predicted octanol–water partition coefficient (Wildman–Crippen LogP) is 3.25. The number of aryl methyl sites for hydroxylation is 1. The second-order valence-electron chi connectivity index (χ2n) is 4.87. The van der Waals surface area contributed by atoms with Gasteiger partial charge in [0.05, 0.1) is 0 Å². The smallest absolute Gasteiger partial charge is 0.253 e. The maximum absolute atomic E-state index is 13.1. The van der Waals surface area contributed by atoms with Gasteiger partial charge in [0.25, 0.3) is 5.91 Å². The fourth-order valence-electron chi connectivity index (χ4n) is 1.55. The Morgan fingerprint density at radius 2 is 2.06 bits per heavy atom. The quantitative estimate of drug-likeness (QED) is 0.787. The van der Waals surface area contributed by atoms with Crippen LogP contribution < -0.4 is 0 Å². The second-order valence-corrected chi connectivity index (χ2v) is 4.87. The van der Waals surface area contributed by atoms with Crippen LogP contribution in [0.2, 0.25) is 0 Å². The molecule has 0 bridgehead atoms. The molecule has 0 N–H and O–H groups in total. The van der Waals surface area contributed by atoms with E-state index in [9.17, 15) is 9.18 Å². The molecule has 0 fully saturated rings. The molecule has 0 aromatic heterocycles. The molecule has 1 rings (SSSR count). The average Bonchev–Trinajstić information content (AvgIpc) is 2.28. The van der Waals surface area contributed by atoms with Crippen molar-refractivity contribution in [3.8, 4) is 0 Å². The van der Waals surface area contributed by atoms with Crippen molar-refractivity contribution in [3.05, 3.63) is 35.1 Å². The Labute approximate surface area is 102 Å². The van der Waals surface area contributed by atoms with E-state index in [4.69, 9.17) is 0 Å². The summed E-state index contributed by atoms with van der Waals surface area (Å²) in [6, 6.07) is 4.49. The molecule has 94 valence electrons. The van der Waals surface area contributed by atoms with Gasteiger partial charge in [-0.2, -0.15) is 0 Å². The van der Waals surface area contributed by atoms with Gasteiger partial charge in [-0.15, -0.1) is 0 Å². The Kier molecular flexibility index (Phi) is 4.67. The Morgan fingerprint density at radius 1 is 1.41 bits per heavy atom. The third kappa shape index (κ3) is 3.84. The first-order valence-corrected chi connectivity index (χ1v) is 5.93. The van der Waals surface area contributed by atoms with Crippen LogP contribution in [0, 0.1) is 18.7 Å². The highest BCUT2D eigenvalue weighted by Crippen LogP contribution is 2.12. The molecule has 17 heavy (non-hydrogen) atoms. The van der Waals surface area contributed by atoms with Crippen LogP contribution in [0.15, 0.2) is 18.2 Å². The van der Waals surface area contributed by atoms with Crippen molar-refractivity contribution in [2.24, 2.45) is 5.92 Å². The highest BCUT2D eigenvalue weighted by atomic mass is 19.1. The minimum absolute atomic E-state index is 0.0475. The van der Waals surface area contributed by atoms with Crippen LogP contribution >= 0.6 is 0 Å². The molecular weight excluding hydrogens is 217 g/mol. The molecule has 2 nitrogen and oxygen atoms in total. The standard InChI is InChI=1S/C14H20FNO/c1-10(2)7-8-16(4)14(17)12-5-6-13(15)11(3)9-12/h5-6,9-10H,7-8H2,1-4H3. The minimum atomic E-state index is -0.272. The summed E-state index contributed by atoms with van der Waals surface area (Å²) in [5, 5.41) is 0. The predicted molar refractivity (Wildman–Crippen MR) is 67.6 cm³/mol. The van der Waals surface area contributed by atoms with Crippen molar-refractivity contribution < 1.29 is 9.18 Å². The third-order valence-electron chi connectivity index (χ3n) is 2.79. The van der Waals surface area contributed by atoms with E-state index >= 15 is 0 Å². The van der Waals surface area contributed by atoms with Crippen molar-refractivity contribution in [2.75, 3.05) is 13.6 Å². The highest BCUT2D eigenvalue weighted by molar-refractivity contribution is 5.94. The molecule has 0 saturated heterocycles. The molecule has 0 aliphatic carbocycles. The van der Waals surface area contributed by atoms with Crippen molar-refractivity contribution in [1.82, 2.24) is 4.90 Å². The summed E-state index contributed by atoms with van der Waals surface area (Å²) in [5.41, 5.74) is 1.06. The molecule has 0 aliphatic heterocycles. The summed E-state index contributed by atoms with van der Waals surface area (Å²) in [6.45, 7) is 6.65. The number of benzene rings is 1. The average molecular weight is 237 g/mol. The Balaban J connectivity index is 2.71. The topological polar surface area (TPSA) is 20.3 Å². The number of hydrogen-bond donors (Lipinski definition) is 0. The maximum Gasteiger partial charge on any atom is 0.253 e. The molecule has 0 saturated carbocycles. The summed E-state index contributed by atoms with van der Waals surface area (Å²) >= 11 is 0. The monoisotopic (exact) mass is 237 g/mol. The second kappa shape index (κ2) is 5.80. The van der Waals surface area contributed by atoms with E-state index < -0.39 is 0 Å². The summed E-state index contributed by atoms with van der Waals surface area (Å²) in [7, 11) is 1.78. The first kappa shape index (κ1) is 13.7. The number of amides is 1. The van der Waals surface area contributed by atoms with Gasteiger partial charge >= 0.3 is 0 Å². The molecule has 0 aliphatic rings. The molecule has 3 heteroatoms. The molecule has 0 heterocycles. The van der Waals surface area contributed by atoms with Gasteiger partial charge in [-0.05, 0) is 43.0 Å². The fourth-order valence-corrected chi connectivity index (χ4v) is 1.55. The van der Waals surface area contributed by atoms with Crippen LogP contribution in [0.4, 0.5) is 4.39 Å². The molecule has 0 atom stereocenters. The van der Waals surface area contributed by atoms with Gasteiger partial charge < -0.3 is 4.90 Å². The van der Waals surface area contributed by atoms with Crippen LogP contribution in [0.5, 0.6) is 0 Å². The van der Waals surface area contributed by atoms with Gasteiger partial charge in [-0.25, -0.2) is 4.39 Å². The van der Waals surface area contributed by atoms with E-state index in [1.54, 1.807) is 24.9 Å². The highest BCUT2D eigenvalue weighted by Gasteiger charge is 2.12. The van der Waals surface area contributed by atoms with Gasteiger partial charge in [0.2, 0.25) is 0 Å². The minimum Gasteiger partial charge on any atom is -0.342 e. The van der Waals surface area contributed by atoms with E-state index in [2.05, 4.69) is 13.8 Å². The van der Waals surface area contributed by atoms with Crippen molar-refractivity contribution in [1.29, 1.82) is 0 Å². The lowest BCUT2D eigenvalue weighted by Gasteiger charge is -2.18. The van der Waals surface area contributed by atoms with E-state index in [1.807, 2.05) is 0 Å². The number of halogens is 1. The molecule has 1 amide bonds. The molecule has 1 aromatic rings. The summed E-state index contributed by atoms with van der Waals surface area (Å²) in [4.78, 5) is 13.7. The lowest BCUT2D eigenvalue weighted by Crippen LogP contribution is -2.28. The van der Waals surface area contributed by atoms with Crippen LogP contribution in [-0.4, -0.2) is 24.4 Å². The number of rotatable bonds is 4. The van der Waals surface area contributed by atoms with E-state index in [1.165, 1.54) is 12.1 Å². The molecule has 0 unspecified atom stereocenters. The van der Waals surface area contributed by atoms with Gasteiger partial charge in [0.1, 0.15) is 5.82 Å². The van der Waals surface area contributed by atoms with Gasteiger partial charge in [0, 0.05) is 19.2 Å². The van der Waals surface area contributed by atoms with Crippen molar-refractivity contribution >= 4 is 5.91 Å². The lowest BCUT2D eigenvalue weighted by molar-refractivity contribution is 0.0789. The van der Waals surface area contributed by atoms with Crippen LogP contribution in [0.3, 0.4) is 0 Å². The largest absolute Gasteiger partial charge is 0.342 e. The summed E-state index contributed by atoms with van der Waals surface area (Å²) < 4.78 is 13.1. The van der Waals surface area contributed by atoms with Gasteiger partial charge in [0.15, 0.2) is 0 Å². The first-order chi connectivity index (χ1) is 7.91. The Morgan fingerprint density at radius 3 is 2.59 bits per heavy atom. The number of hydrogen-bond acceptors (Lipinski definition) is 1. The lowest BCUT2D eigenvalue weighted by atomic mass is 10.1. The van der Waals surface area contributed by atoms with Gasteiger partial charge in [-0.3, -0.25) is 4.79 Å². The van der Waals surface area contributed by atoms with E-state index in [-0.39, 0.29) is 11.7 Å². The zero-order valence-electron chi connectivity index (χ0n) is 11.0. The van der Waals surface area contributed by atoms with Crippen molar-refractivity contribution in [2.45, 2.75) is 27.2 Å². The zero-order valence-corrected chi connectivity index (χ0v) is 11.0. The Bertz CT molecular complexity index is 401. The normalized spacial score (nSPS) is 10.7. The SMILES string of the molecule is Cc1cc(C(=O)N(C)CCC(C)C)ccc1F. The molecule has 1 aromatic carbocycles. The molecular formula is C14H20FNO. The summed E-state index contributed by atoms with van der Waals surface area (Å²) in [6.07, 6.45) is 0.975. The molecule has 0 spiro atoms. The van der Waals surface area contributed by atoms with Crippen LogP contribution in [0.25, 0.3) is 0 Å².